The van der Waals surface area contributed by atoms with E-state index >= 15 is 0 Å². The Morgan fingerprint density at radius 2 is 1.90 bits per heavy atom. The number of sulfonamides is 1. The highest BCUT2D eigenvalue weighted by Crippen LogP contribution is 2.26. The quantitative estimate of drug-likeness (QED) is 0.623. The second-order valence-electron chi connectivity index (χ2n) is 6.33. The first-order chi connectivity index (χ1) is 13.9. The van der Waals surface area contributed by atoms with Crippen LogP contribution < -0.4 is 14.8 Å². The summed E-state index contributed by atoms with van der Waals surface area (Å²) in [4.78, 5) is 16.6. The number of anilines is 1. The zero-order valence-corrected chi connectivity index (χ0v) is 16.9. The third kappa shape index (κ3) is 4.91. The van der Waals surface area contributed by atoms with Gasteiger partial charge < -0.3 is 10.1 Å². The molecule has 1 aromatic heterocycles. The number of hydrogen-bond acceptors (Lipinski definition) is 5. The Bertz CT molecular complexity index is 1120. The van der Waals surface area contributed by atoms with Gasteiger partial charge in [0.2, 0.25) is 0 Å². The third-order valence-electron chi connectivity index (χ3n) is 4.29. The van der Waals surface area contributed by atoms with E-state index in [2.05, 4.69) is 15.0 Å². The van der Waals surface area contributed by atoms with Crippen molar-refractivity contribution in [3.63, 3.8) is 0 Å². The molecule has 0 saturated carbocycles. The van der Waals surface area contributed by atoms with Crippen LogP contribution in [0.25, 0.3) is 0 Å². The molecular formula is C21H21N3O4S. The molecule has 0 atom stereocenters. The van der Waals surface area contributed by atoms with E-state index in [1.807, 2.05) is 6.07 Å². The van der Waals surface area contributed by atoms with Gasteiger partial charge in [0.1, 0.15) is 5.75 Å². The van der Waals surface area contributed by atoms with E-state index in [0.29, 0.717) is 23.5 Å². The van der Waals surface area contributed by atoms with Crippen molar-refractivity contribution in [1.29, 1.82) is 0 Å². The van der Waals surface area contributed by atoms with E-state index in [-0.39, 0.29) is 16.4 Å². The van der Waals surface area contributed by atoms with Gasteiger partial charge in [-0.1, -0.05) is 24.3 Å². The fraction of sp³-hybridized carbons (Fsp3) is 0.143. The van der Waals surface area contributed by atoms with Crippen molar-refractivity contribution in [3.05, 3.63) is 83.7 Å². The zero-order chi connectivity index (χ0) is 20.9. The second kappa shape index (κ2) is 8.74. The fourth-order valence-corrected chi connectivity index (χ4v) is 3.82. The largest absolute Gasteiger partial charge is 0.495 e. The van der Waals surface area contributed by atoms with Crippen molar-refractivity contribution in [1.82, 2.24) is 10.3 Å². The van der Waals surface area contributed by atoms with Crippen LogP contribution in [-0.2, 0) is 16.6 Å². The summed E-state index contributed by atoms with van der Waals surface area (Å²) in [5, 5.41) is 2.79. The molecule has 0 saturated heterocycles. The maximum absolute atomic E-state index is 12.8. The minimum atomic E-state index is -3.91. The molecule has 3 aromatic rings. The van der Waals surface area contributed by atoms with Gasteiger partial charge in [0.15, 0.2) is 0 Å². The molecule has 3 rings (SSSR count). The van der Waals surface area contributed by atoms with Crippen molar-refractivity contribution in [2.45, 2.75) is 18.4 Å². The minimum absolute atomic E-state index is 0.0134. The van der Waals surface area contributed by atoms with Crippen LogP contribution in [0.1, 0.15) is 21.5 Å². The van der Waals surface area contributed by atoms with Crippen molar-refractivity contribution in [3.8, 4) is 5.75 Å². The molecule has 7 nitrogen and oxygen atoms in total. The normalized spacial score (nSPS) is 11.0. The van der Waals surface area contributed by atoms with Gasteiger partial charge in [-0.15, -0.1) is 0 Å². The molecule has 2 aromatic carbocycles. The molecule has 8 heteroatoms. The summed E-state index contributed by atoms with van der Waals surface area (Å²) in [5.74, 6) is 0.0401. The maximum atomic E-state index is 12.8. The number of para-hydroxylation sites is 2. The topological polar surface area (TPSA) is 97.4 Å². The van der Waals surface area contributed by atoms with Crippen LogP contribution in [0, 0.1) is 6.92 Å². The first kappa shape index (κ1) is 20.3. The Balaban J connectivity index is 1.82. The molecular weight excluding hydrogens is 390 g/mol. The zero-order valence-electron chi connectivity index (χ0n) is 16.0. The number of hydrogen-bond donors (Lipinski definition) is 2. The number of aryl methyl sites for hydroxylation is 1. The fourth-order valence-electron chi connectivity index (χ4n) is 2.73. The number of nitrogens with one attached hydrogen (secondary N) is 2. The Labute approximate surface area is 169 Å². The van der Waals surface area contributed by atoms with Crippen molar-refractivity contribution in [2.24, 2.45) is 0 Å². The lowest BCUT2D eigenvalue weighted by atomic mass is 10.1. The van der Waals surface area contributed by atoms with Crippen LogP contribution in [0.5, 0.6) is 5.75 Å². The highest BCUT2D eigenvalue weighted by atomic mass is 32.2. The molecule has 0 aliphatic heterocycles. The van der Waals surface area contributed by atoms with Gasteiger partial charge in [0, 0.05) is 24.5 Å². The molecule has 0 fully saturated rings. The predicted molar refractivity (Wildman–Crippen MR) is 110 cm³/mol. The number of benzene rings is 2. The Hall–Kier alpha value is -3.39. The number of ether oxygens (including phenoxy) is 1. The monoisotopic (exact) mass is 411 g/mol. The lowest BCUT2D eigenvalue weighted by Gasteiger charge is -2.13. The average molecular weight is 411 g/mol. The van der Waals surface area contributed by atoms with Crippen LogP contribution in [-0.4, -0.2) is 26.4 Å². The molecule has 1 heterocycles. The standard InChI is InChI=1S/C21H21N3O4S/c1-15-9-10-17(29(26,27)24-19-7-3-4-8-20(19)28-2)12-18(15)21(25)23-14-16-6-5-11-22-13-16/h3-13,24H,14H2,1-2H3,(H,23,25). The van der Waals surface area contributed by atoms with Gasteiger partial charge >= 0.3 is 0 Å². The van der Waals surface area contributed by atoms with Crippen LogP contribution >= 0.6 is 0 Å². The van der Waals surface area contributed by atoms with Gasteiger partial charge in [0.05, 0.1) is 17.7 Å². The number of pyridine rings is 1. The minimum Gasteiger partial charge on any atom is -0.495 e. The molecule has 2 N–H and O–H groups in total. The molecule has 150 valence electrons. The number of amides is 1. The summed E-state index contributed by atoms with van der Waals surface area (Å²) >= 11 is 0. The van der Waals surface area contributed by atoms with Crippen molar-refractivity contribution in [2.75, 3.05) is 11.8 Å². The Morgan fingerprint density at radius 1 is 1.10 bits per heavy atom. The number of methoxy groups -OCH3 is 1. The van der Waals surface area contributed by atoms with Crippen molar-refractivity contribution >= 4 is 21.6 Å². The molecule has 0 aliphatic carbocycles. The number of nitrogens with zero attached hydrogens (tertiary/aromatic N) is 1. The van der Waals surface area contributed by atoms with E-state index in [1.54, 1.807) is 55.7 Å². The Kier molecular flexibility index (Phi) is 6.13. The summed E-state index contributed by atoms with van der Waals surface area (Å²) in [6.07, 6.45) is 3.31. The molecule has 0 spiro atoms. The van der Waals surface area contributed by atoms with E-state index in [0.717, 1.165) is 5.56 Å². The summed E-state index contributed by atoms with van der Waals surface area (Å²) in [7, 11) is -2.44. The number of rotatable bonds is 7. The van der Waals surface area contributed by atoms with E-state index < -0.39 is 10.0 Å². The number of aromatic nitrogens is 1. The lowest BCUT2D eigenvalue weighted by molar-refractivity contribution is 0.0950. The summed E-state index contributed by atoms with van der Waals surface area (Å²) in [6, 6.07) is 14.8. The van der Waals surface area contributed by atoms with Gasteiger partial charge in [-0.2, -0.15) is 0 Å². The second-order valence-corrected chi connectivity index (χ2v) is 8.01. The van der Waals surface area contributed by atoms with E-state index in [9.17, 15) is 13.2 Å². The molecule has 0 unspecified atom stereocenters. The van der Waals surface area contributed by atoms with Crippen LogP contribution in [0.3, 0.4) is 0 Å². The number of carbonyl (C=O) groups is 1. The van der Waals surface area contributed by atoms with Gasteiger partial charge in [-0.3, -0.25) is 14.5 Å². The molecule has 0 radical (unpaired) electrons. The van der Waals surface area contributed by atoms with E-state index in [1.165, 1.54) is 19.2 Å². The SMILES string of the molecule is COc1ccccc1NS(=O)(=O)c1ccc(C)c(C(=O)NCc2cccnc2)c1. The Morgan fingerprint density at radius 3 is 2.62 bits per heavy atom. The summed E-state index contributed by atoms with van der Waals surface area (Å²) < 4.78 is 33.3. The highest BCUT2D eigenvalue weighted by molar-refractivity contribution is 7.92. The summed E-state index contributed by atoms with van der Waals surface area (Å²) in [5.41, 5.74) is 2.12. The van der Waals surface area contributed by atoms with Crippen LogP contribution in [0.4, 0.5) is 5.69 Å². The summed E-state index contributed by atoms with van der Waals surface area (Å²) in [6.45, 7) is 2.05. The first-order valence-electron chi connectivity index (χ1n) is 8.84. The molecule has 0 aliphatic rings. The first-order valence-corrected chi connectivity index (χ1v) is 10.3. The maximum Gasteiger partial charge on any atom is 0.262 e. The average Bonchev–Trinajstić information content (AvgIpc) is 2.73. The van der Waals surface area contributed by atoms with Gasteiger partial charge in [-0.05, 0) is 48.4 Å². The highest BCUT2D eigenvalue weighted by Gasteiger charge is 2.19. The molecule has 1 amide bonds. The van der Waals surface area contributed by atoms with Crippen molar-refractivity contribution < 1.29 is 17.9 Å². The lowest BCUT2D eigenvalue weighted by Crippen LogP contribution is -2.24. The van der Waals surface area contributed by atoms with Crippen LogP contribution in [0.2, 0.25) is 0 Å². The third-order valence-corrected chi connectivity index (χ3v) is 5.65. The molecule has 29 heavy (non-hydrogen) atoms. The van der Waals surface area contributed by atoms with Crippen LogP contribution in [0.15, 0.2) is 71.9 Å². The molecule has 0 bridgehead atoms. The van der Waals surface area contributed by atoms with E-state index in [4.69, 9.17) is 4.74 Å². The van der Waals surface area contributed by atoms with Gasteiger partial charge in [-0.25, -0.2) is 8.42 Å². The smallest absolute Gasteiger partial charge is 0.262 e. The predicted octanol–water partition coefficient (Wildman–Crippen LogP) is 3.13. The van der Waals surface area contributed by atoms with Gasteiger partial charge in [0.25, 0.3) is 15.9 Å². The number of carbonyl (C=O) groups excluding carboxylic acids is 1.